The van der Waals surface area contributed by atoms with Crippen LogP contribution < -0.4 is 15.4 Å². The number of ether oxygens (including phenoxy) is 1. The zero-order valence-corrected chi connectivity index (χ0v) is 18.4. The molecule has 0 fully saturated rings. The number of benzene rings is 3. The van der Waals surface area contributed by atoms with Gasteiger partial charge in [-0.25, -0.2) is 4.79 Å². The lowest BCUT2D eigenvalue weighted by molar-refractivity contribution is -0.541. The zero-order chi connectivity index (χ0) is 21.6. The Morgan fingerprint density at radius 3 is 2.58 bits per heavy atom. The van der Waals surface area contributed by atoms with E-state index in [0.29, 0.717) is 0 Å². The van der Waals surface area contributed by atoms with Gasteiger partial charge in [-0.15, -0.1) is 0 Å². The van der Waals surface area contributed by atoms with Crippen molar-refractivity contribution in [2.24, 2.45) is 0 Å². The second-order valence-electron chi connectivity index (χ2n) is 7.88. The maximum Gasteiger partial charge on any atom is 0.331 e. The maximum atomic E-state index is 12.8. The molecule has 1 heterocycles. The highest BCUT2D eigenvalue weighted by Crippen LogP contribution is 2.31. The second kappa shape index (κ2) is 10.1. The number of nitrogens with one attached hydrogen (secondary N) is 1. The van der Waals surface area contributed by atoms with E-state index in [2.05, 4.69) is 35.6 Å². The molecule has 0 saturated heterocycles. The van der Waals surface area contributed by atoms with E-state index in [4.69, 9.17) is 16.3 Å². The minimum atomic E-state index is -0.383. The number of amides is 1. The summed E-state index contributed by atoms with van der Waals surface area (Å²) in [6.07, 6.45) is 2.67. The van der Waals surface area contributed by atoms with Gasteiger partial charge < -0.3 is 4.74 Å². The molecular weight excluding hydrogens is 408 g/mol. The van der Waals surface area contributed by atoms with Crippen molar-refractivity contribution in [1.82, 2.24) is 5.32 Å². The molecule has 0 aromatic heterocycles. The quantitative estimate of drug-likeness (QED) is 0.562. The van der Waals surface area contributed by atoms with Crippen molar-refractivity contribution in [3.8, 4) is 5.75 Å². The van der Waals surface area contributed by atoms with Crippen molar-refractivity contribution < 1.29 is 14.8 Å². The first kappa shape index (κ1) is 21.6. The van der Waals surface area contributed by atoms with E-state index >= 15 is 0 Å². The number of primary amides is 1. The van der Waals surface area contributed by atoms with Gasteiger partial charge in [-0.05, 0) is 53.3 Å². The smallest absolute Gasteiger partial charge is 0.331 e. The zero-order valence-electron chi connectivity index (χ0n) is 17.7. The molecule has 3 N–H and O–H groups in total. The van der Waals surface area contributed by atoms with Gasteiger partial charge in [0.25, 0.3) is 0 Å². The maximum absolute atomic E-state index is 12.8. The highest BCUT2D eigenvalue weighted by Gasteiger charge is 2.27. The number of halogens is 1. The second-order valence-corrected chi connectivity index (χ2v) is 8.32. The number of likely N-dealkylation sites (N-methyl/N-ethyl adjacent to an activating group) is 1. The standard InChI is InChI=1S/C26H27ClN2O2/c1-28-26(30)25(19-5-3-2-4-6-19)29-23(13-9-18-7-11-22(27)12-8-18)20-10-14-24-21(17-20)15-16-31-24/h2-8,10-12,14,17,23,25,29H,9,13,15-16H2,1H3,(H,28,30)/p+1. The Morgan fingerprint density at radius 1 is 1.06 bits per heavy atom. The number of carbonyl (C=O) groups excluding carboxylic acids is 1. The predicted molar refractivity (Wildman–Crippen MR) is 123 cm³/mol. The van der Waals surface area contributed by atoms with Crippen molar-refractivity contribution in [2.45, 2.75) is 31.3 Å². The van der Waals surface area contributed by atoms with E-state index in [0.717, 1.165) is 42.2 Å². The van der Waals surface area contributed by atoms with E-state index in [-0.39, 0.29) is 18.0 Å². The average molecular weight is 436 g/mol. The van der Waals surface area contributed by atoms with Crippen LogP contribution >= 0.6 is 11.6 Å². The first-order valence-corrected chi connectivity index (χ1v) is 11.2. The van der Waals surface area contributed by atoms with Gasteiger partial charge >= 0.3 is 5.91 Å². The topological polar surface area (TPSA) is 54.9 Å². The molecule has 0 spiro atoms. The average Bonchev–Trinajstić information content (AvgIpc) is 3.28. The summed E-state index contributed by atoms with van der Waals surface area (Å²) in [5.41, 5.74) is 4.63. The van der Waals surface area contributed by atoms with Gasteiger partial charge in [-0.3, -0.25) is 10.6 Å². The van der Waals surface area contributed by atoms with Gasteiger partial charge in [0.05, 0.1) is 13.7 Å². The fourth-order valence-electron chi connectivity index (χ4n) is 4.09. The molecule has 3 aromatic carbocycles. The Bertz CT molecular complexity index is 1020. The third kappa shape index (κ3) is 5.34. The van der Waals surface area contributed by atoms with Gasteiger partial charge in [-0.2, -0.15) is 0 Å². The summed E-state index contributed by atoms with van der Waals surface area (Å²) in [7, 11) is 1.80. The highest BCUT2D eigenvalue weighted by molar-refractivity contribution is 6.30. The number of rotatable bonds is 8. The van der Waals surface area contributed by atoms with Gasteiger partial charge in [0.2, 0.25) is 0 Å². The molecule has 160 valence electrons. The van der Waals surface area contributed by atoms with E-state index in [1.54, 1.807) is 12.4 Å². The number of nitrogens with two attached hydrogens (primary N) is 1. The van der Waals surface area contributed by atoms with Gasteiger partial charge in [0, 0.05) is 17.5 Å². The summed E-state index contributed by atoms with van der Waals surface area (Å²) in [5, 5.41) is 6.05. The fraction of sp³-hybridized carbons (Fsp3) is 0.269. The molecule has 2 unspecified atom stereocenters. The van der Waals surface area contributed by atoms with Crippen LogP contribution in [0.1, 0.15) is 40.8 Å². The summed E-state index contributed by atoms with van der Waals surface area (Å²) in [5.74, 6) is 1.05. The van der Waals surface area contributed by atoms with E-state index in [1.807, 2.05) is 42.5 Å². The molecule has 0 saturated carbocycles. The Morgan fingerprint density at radius 2 is 1.84 bits per heavy atom. The van der Waals surface area contributed by atoms with Crippen molar-refractivity contribution >= 4 is 17.5 Å². The van der Waals surface area contributed by atoms with Crippen LogP contribution in [0.3, 0.4) is 0 Å². The molecule has 4 nitrogen and oxygen atoms in total. The lowest BCUT2D eigenvalue weighted by Crippen LogP contribution is -2.86. The Labute approximate surface area is 188 Å². The molecular formula is C26H28ClN2O2+. The largest absolute Gasteiger partial charge is 0.493 e. The van der Waals surface area contributed by atoms with Crippen molar-refractivity contribution in [2.75, 3.05) is 13.7 Å². The molecule has 31 heavy (non-hydrogen) atoms. The molecule has 4 rings (SSSR count). The lowest BCUT2D eigenvalue weighted by Gasteiger charge is -2.25. The summed E-state index contributed by atoms with van der Waals surface area (Å²) < 4.78 is 5.69. The van der Waals surface area contributed by atoms with Crippen LogP contribution in [0.15, 0.2) is 72.8 Å². The summed E-state index contributed by atoms with van der Waals surface area (Å²) in [6, 6.07) is 24.0. The normalized spacial score (nSPS) is 14.5. The molecule has 3 aromatic rings. The number of hydrogen-bond donors (Lipinski definition) is 2. The van der Waals surface area contributed by atoms with Crippen LogP contribution in [0.2, 0.25) is 5.02 Å². The van der Waals surface area contributed by atoms with Gasteiger partial charge in [0.1, 0.15) is 11.8 Å². The van der Waals surface area contributed by atoms with Crippen molar-refractivity contribution in [3.05, 3.63) is 100 Å². The molecule has 0 bridgehead atoms. The van der Waals surface area contributed by atoms with Crippen LogP contribution in [-0.2, 0) is 17.6 Å². The molecule has 2 atom stereocenters. The van der Waals surface area contributed by atoms with E-state index in [1.165, 1.54) is 16.7 Å². The SMILES string of the molecule is C[NH2+]C(=O)C(NC(CCc1ccc(Cl)cc1)c1ccc2c(c1)CCO2)c1ccccc1. The number of fused-ring (bicyclic) bond motifs is 1. The lowest BCUT2D eigenvalue weighted by atomic mass is 9.95. The third-order valence-corrected chi connectivity index (χ3v) is 6.07. The Balaban J connectivity index is 1.61. The van der Waals surface area contributed by atoms with Crippen LogP contribution in [0.4, 0.5) is 0 Å². The third-order valence-electron chi connectivity index (χ3n) is 5.82. The van der Waals surface area contributed by atoms with E-state index in [9.17, 15) is 4.79 Å². The number of carbonyl (C=O) groups is 1. The predicted octanol–water partition coefficient (Wildman–Crippen LogP) is 4.00. The highest BCUT2D eigenvalue weighted by atomic mass is 35.5. The number of quaternary nitrogens is 1. The Hall–Kier alpha value is -2.66. The first-order chi connectivity index (χ1) is 15.1. The van der Waals surface area contributed by atoms with Crippen LogP contribution in [-0.4, -0.2) is 19.6 Å². The molecule has 0 aliphatic carbocycles. The fourth-order valence-corrected chi connectivity index (χ4v) is 4.21. The number of hydrogen-bond acceptors (Lipinski definition) is 3. The summed E-state index contributed by atoms with van der Waals surface area (Å²) >= 11 is 6.05. The molecule has 1 aliphatic heterocycles. The first-order valence-electron chi connectivity index (χ1n) is 10.8. The Kier molecular flexibility index (Phi) is 7.03. The van der Waals surface area contributed by atoms with Gasteiger partial charge in [0.15, 0.2) is 0 Å². The monoisotopic (exact) mass is 435 g/mol. The van der Waals surface area contributed by atoms with Crippen molar-refractivity contribution in [1.29, 1.82) is 0 Å². The minimum Gasteiger partial charge on any atom is -0.493 e. The molecule has 1 aliphatic rings. The van der Waals surface area contributed by atoms with Crippen LogP contribution in [0, 0.1) is 0 Å². The van der Waals surface area contributed by atoms with Crippen molar-refractivity contribution in [3.63, 3.8) is 0 Å². The van der Waals surface area contributed by atoms with Crippen LogP contribution in [0.25, 0.3) is 0 Å². The molecule has 0 radical (unpaired) electrons. The molecule has 5 heteroatoms. The van der Waals surface area contributed by atoms with Gasteiger partial charge in [-0.1, -0.05) is 66.2 Å². The van der Waals surface area contributed by atoms with E-state index < -0.39 is 0 Å². The number of aryl methyl sites for hydroxylation is 1. The summed E-state index contributed by atoms with van der Waals surface area (Å²) in [4.78, 5) is 12.8. The summed E-state index contributed by atoms with van der Waals surface area (Å²) in [6.45, 7) is 0.734. The molecule has 1 amide bonds. The van der Waals surface area contributed by atoms with Crippen LogP contribution in [0.5, 0.6) is 5.75 Å². The minimum absolute atomic E-state index is 0.0238.